The molecule has 0 saturated heterocycles. The first kappa shape index (κ1) is 18.5. The molecule has 1 atom stereocenters. The van der Waals surface area contributed by atoms with E-state index in [1.165, 1.54) is 37.3 Å². The molecule has 0 saturated carbocycles. The van der Waals surface area contributed by atoms with Gasteiger partial charge in [-0.25, -0.2) is 13.1 Å². The summed E-state index contributed by atoms with van der Waals surface area (Å²) in [6.45, 7) is 2.17. The minimum Gasteiger partial charge on any atom is -0.486 e. The van der Waals surface area contributed by atoms with Crippen molar-refractivity contribution in [2.45, 2.75) is 24.0 Å². The SMILES string of the molecule is C[C@H](NS(=O)(=O)c1ccc2c(c1)OCCO2)c1cccc(C(F)(F)F)c1. The molecule has 0 fully saturated rings. The van der Waals surface area contributed by atoms with Crippen LogP contribution in [0.15, 0.2) is 47.4 Å². The molecule has 5 nitrogen and oxygen atoms in total. The highest BCUT2D eigenvalue weighted by Gasteiger charge is 2.31. The first-order chi connectivity index (χ1) is 12.2. The number of nitrogens with one attached hydrogen (secondary N) is 1. The quantitative estimate of drug-likeness (QED) is 0.872. The van der Waals surface area contributed by atoms with Crippen LogP contribution in [-0.4, -0.2) is 21.6 Å². The average molecular weight is 387 g/mol. The highest BCUT2D eigenvalue weighted by molar-refractivity contribution is 7.89. The molecule has 0 aromatic heterocycles. The topological polar surface area (TPSA) is 64.6 Å². The number of hydrogen-bond donors (Lipinski definition) is 1. The molecular weight excluding hydrogens is 371 g/mol. The Morgan fingerprint density at radius 1 is 1.04 bits per heavy atom. The van der Waals surface area contributed by atoms with Crippen molar-refractivity contribution in [3.8, 4) is 11.5 Å². The summed E-state index contributed by atoms with van der Waals surface area (Å²) < 4.78 is 76.7. The number of halogens is 3. The maximum atomic E-state index is 12.8. The van der Waals surface area contributed by atoms with Crippen LogP contribution in [0.25, 0.3) is 0 Å². The maximum absolute atomic E-state index is 12.8. The molecule has 0 radical (unpaired) electrons. The van der Waals surface area contributed by atoms with Crippen LogP contribution in [-0.2, 0) is 16.2 Å². The summed E-state index contributed by atoms with van der Waals surface area (Å²) >= 11 is 0. The minimum absolute atomic E-state index is 0.0550. The van der Waals surface area contributed by atoms with Gasteiger partial charge in [0.2, 0.25) is 10.0 Å². The molecule has 0 unspecified atom stereocenters. The van der Waals surface area contributed by atoms with Gasteiger partial charge in [-0.05, 0) is 36.8 Å². The van der Waals surface area contributed by atoms with E-state index in [4.69, 9.17) is 9.47 Å². The summed E-state index contributed by atoms with van der Waals surface area (Å²) in [5.74, 6) is 0.756. The molecule has 2 aromatic carbocycles. The summed E-state index contributed by atoms with van der Waals surface area (Å²) in [5, 5.41) is 0. The Morgan fingerprint density at radius 2 is 1.73 bits per heavy atom. The van der Waals surface area contributed by atoms with E-state index < -0.39 is 27.8 Å². The molecular formula is C17H16F3NO4S. The van der Waals surface area contributed by atoms with Gasteiger partial charge in [0.05, 0.1) is 10.5 Å². The molecule has 0 bridgehead atoms. The molecule has 26 heavy (non-hydrogen) atoms. The fourth-order valence-corrected chi connectivity index (χ4v) is 3.79. The third kappa shape index (κ3) is 3.94. The molecule has 1 N–H and O–H groups in total. The second kappa shape index (κ2) is 6.81. The van der Waals surface area contributed by atoms with E-state index in [1.807, 2.05) is 0 Å². The molecule has 1 heterocycles. The molecule has 140 valence electrons. The van der Waals surface area contributed by atoms with Crippen LogP contribution in [0.2, 0.25) is 0 Å². The third-order valence-electron chi connectivity index (χ3n) is 3.87. The number of benzene rings is 2. The molecule has 9 heteroatoms. The van der Waals surface area contributed by atoms with Crippen LogP contribution in [0.4, 0.5) is 13.2 Å². The van der Waals surface area contributed by atoms with Gasteiger partial charge in [-0.1, -0.05) is 12.1 Å². The van der Waals surface area contributed by atoms with Gasteiger partial charge >= 0.3 is 6.18 Å². The lowest BCUT2D eigenvalue weighted by molar-refractivity contribution is -0.137. The van der Waals surface area contributed by atoms with Crippen molar-refractivity contribution in [2.75, 3.05) is 13.2 Å². The van der Waals surface area contributed by atoms with Crippen LogP contribution < -0.4 is 14.2 Å². The highest BCUT2D eigenvalue weighted by atomic mass is 32.2. The van der Waals surface area contributed by atoms with Crippen LogP contribution in [0.1, 0.15) is 24.1 Å². The van der Waals surface area contributed by atoms with Gasteiger partial charge in [-0.2, -0.15) is 13.2 Å². The molecule has 0 amide bonds. The Balaban J connectivity index is 1.83. The van der Waals surface area contributed by atoms with Crippen molar-refractivity contribution in [3.05, 3.63) is 53.6 Å². The van der Waals surface area contributed by atoms with E-state index in [2.05, 4.69) is 4.72 Å². The van der Waals surface area contributed by atoms with E-state index in [-0.39, 0.29) is 10.5 Å². The van der Waals surface area contributed by atoms with E-state index in [0.717, 1.165) is 12.1 Å². The maximum Gasteiger partial charge on any atom is 0.416 e. The fraction of sp³-hybridized carbons (Fsp3) is 0.294. The van der Waals surface area contributed by atoms with Gasteiger partial charge < -0.3 is 9.47 Å². The normalized spacial score (nSPS) is 15.5. The summed E-state index contributed by atoms with van der Waals surface area (Å²) in [7, 11) is -3.96. The summed E-state index contributed by atoms with van der Waals surface area (Å²) in [4.78, 5) is -0.0550. The second-order valence-corrected chi connectivity index (χ2v) is 7.49. The van der Waals surface area contributed by atoms with Crippen LogP contribution in [0.3, 0.4) is 0 Å². The Labute approximate surface area is 148 Å². The van der Waals surface area contributed by atoms with Gasteiger partial charge in [0.1, 0.15) is 13.2 Å². The first-order valence-electron chi connectivity index (χ1n) is 7.76. The predicted molar refractivity (Wildman–Crippen MR) is 87.6 cm³/mol. The van der Waals surface area contributed by atoms with E-state index in [1.54, 1.807) is 0 Å². The third-order valence-corrected chi connectivity index (χ3v) is 5.41. The smallest absolute Gasteiger partial charge is 0.416 e. The van der Waals surface area contributed by atoms with Crippen LogP contribution in [0.5, 0.6) is 11.5 Å². The number of hydrogen-bond acceptors (Lipinski definition) is 4. The van der Waals surface area contributed by atoms with Gasteiger partial charge in [0.25, 0.3) is 0 Å². The van der Waals surface area contributed by atoms with Gasteiger partial charge in [0, 0.05) is 12.1 Å². The van der Waals surface area contributed by atoms with Gasteiger partial charge in [0.15, 0.2) is 11.5 Å². The lowest BCUT2D eigenvalue weighted by atomic mass is 10.1. The van der Waals surface area contributed by atoms with Crippen molar-refractivity contribution < 1.29 is 31.1 Å². The molecule has 3 rings (SSSR count). The molecule has 0 spiro atoms. The van der Waals surface area contributed by atoms with Crippen LogP contribution >= 0.6 is 0 Å². The zero-order valence-corrected chi connectivity index (χ0v) is 14.5. The summed E-state index contributed by atoms with van der Waals surface area (Å²) in [6.07, 6.45) is -4.50. The van der Waals surface area contributed by atoms with Crippen molar-refractivity contribution in [1.82, 2.24) is 4.72 Å². The molecule has 1 aliphatic heterocycles. The Hall–Kier alpha value is -2.26. The minimum atomic E-state index is -4.50. The Bertz CT molecular complexity index is 912. The van der Waals surface area contributed by atoms with E-state index >= 15 is 0 Å². The highest BCUT2D eigenvalue weighted by Crippen LogP contribution is 2.33. The Morgan fingerprint density at radius 3 is 2.42 bits per heavy atom. The average Bonchev–Trinajstić information content (AvgIpc) is 2.60. The molecule has 0 aliphatic carbocycles. The van der Waals surface area contributed by atoms with Crippen molar-refractivity contribution in [3.63, 3.8) is 0 Å². The van der Waals surface area contributed by atoms with Crippen molar-refractivity contribution >= 4 is 10.0 Å². The number of alkyl halides is 3. The standard InChI is InChI=1S/C17H16F3NO4S/c1-11(12-3-2-4-13(9-12)17(18,19)20)21-26(22,23)14-5-6-15-16(10-14)25-8-7-24-15/h2-6,9-11,21H,7-8H2,1H3/t11-/m0/s1. The zero-order chi connectivity index (χ0) is 18.9. The predicted octanol–water partition coefficient (Wildman–Crippen LogP) is 3.52. The lowest BCUT2D eigenvalue weighted by Gasteiger charge is -2.20. The fourth-order valence-electron chi connectivity index (χ4n) is 2.54. The number of sulfonamides is 1. The lowest BCUT2D eigenvalue weighted by Crippen LogP contribution is -2.27. The molecule has 1 aliphatic rings. The van der Waals surface area contributed by atoms with Crippen LogP contribution in [0, 0.1) is 0 Å². The van der Waals surface area contributed by atoms with Crippen molar-refractivity contribution in [1.29, 1.82) is 0 Å². The first-order valence-corrected chi connectivity index (χ1v) is 9.24. The Kier molecular flexibility index (Phi) is 4.85. The number of ether oxygens (including phenoxy) is 2. The van der Waals surface area contributed by atoms with Crippen molar-refractivity contribution in [2.24, 2.45) is 0 Å². The van der Waals surface area contributed by atoms with E-state index in [9.17, 15) is 21.6 Å². The zero-order valence-electron chi connectivity index (χ0n) is 13.7. The summed E-state index contributed by atoms with van der Waals surface area (Å²) in [6, 6.07) is 7.86. The number of fused-ring (bicyclic) bond motifs is 1. The van der Waals surface area contributed by atoms with E-state index in [0.29, 0.717) is 24.7 Å². The van der Waals surface area contributed by atoms with Gasteiger partial charge in [-0.15, -0.1) is 0 Å². The molecule has 2 aromatic rings. The monoisotopic (exact) mass is 387 g/mol. The second-order valence-electron chi connectivity index (χ2n) is 5.77. The summed E-state index contributed by atoms with van der Waals surface area (Å²) in [5.41, 5.74) is -0.624. The largest absolute Gasteiger partial charge is 0.486 e. The van der Waals surface area contributed by atoms with Gasteiger partial charge in [-0.3, -0.25) is 0 Å². The number of rotatable bonds is 4.